The average molecular weight is 206 g/mol. The number of hydrogen-bond donors (Lipinski definition) is 2. The molecule has 1 rings (SSSR count). The molecule has 1 aromatic rings. The molecule has 82 valence electrons. The molecule has 0 saturated carbocycles. The summed E-state index contributed by atoms with van der Waals surface area (Å²) in [4.78, 5) is 0. The van der Waals surface area contributed by atoms with Crippen molar-refractivity contribution >= 4 is 5.71 Å². The molecule has 1 unspecified atom stereocenters. The van der Waals surface area contributed by atoms with Crippen LogP contribution < -0.4 is 5.32 Å². The van der Waals surface area contributed by atoms with Crippen molar-refractivity contribution in [1.29, 1.82) is 0 Å². The lowest BCUT2D eigenvalue weighted by Gasteiger charge is -2.11. The molecule has 3 heteroatoms. The first-order valence-corrected chi connectivity index (χ1v) is 5.20. The summed E-state index contributed by atoms with van der Waals surface area (Å²) >= 11 is 0. The fourth-order valence-corrected chi connectivity index (χ4v) is 1.31. The minimum atomic E-state index is 0.124. The fourth-order valence-electron chi connectivity index (χ4n) is 1.31. The molecule has 0 aliphatic carbocycles. The smallest absolute Gasteiger partial charge is 0.0706 e. The summed E-state index contributed by atoms with van der Waals surface area (Å²) in [5, 5.41) is 15.0. The summed E-state index contributed by atoms with van der Waals surface area (Å²) in [6, 6.07) is 10.4. The molecule has 1 atom stereocenters. The first kappa shape index (κ1) is 11.7. The Hall–Kier alpha value is -1.35. The Morgan fingerprint density at radius 2 is 2.07 bits per heavy atom. The molecular weight excluding hydrogens is 188 g/mol. The Balaban J connectivity index is 2.28. The van der Waals surface area contributed by atoms with Crippen molar-refractivity contribution in [3.63, 3.8) is 0 Å². The zero-order valence-electron chi connectivity index (χ0n) is 9.27. The zero-order valence-corrected chi connectivity index (χ0v) is 9.27. The van der Waals surface area contributed by atoms with Crippen LogP contribution in [0.4, 0.5) is 0 Å². The van der Waals surface area contributed by atoms with Gasteiger partial charge in [-0.05, 0) is 32.4 Å². The lowest BCUT2D eigenvalue weighted by molar-refractivity contribution is 0.315. The highest BCUT2D eigenvalue weighted by Crippen LogP contribution is 1.98. The van der Waals surface area contributed by atoms with Crippen LogP contribution in [-0.4, -0.2) is 23.5 Å². The van der Waals surface area contributed by atoms with Gasteiger partial charge >= 0.3 is 0 Å². The van der Waals surface area contributed by atoms with Crippen LogP contribution in [0.15, 0.2) is 35.5 Å². The van der Waals surface area contributed by atoms with Gasteiger partial charge in [-0.1, -0.05) is 35.5 Å². The molecule has 0 bridgehead atoms. The van der Waals surface area contributed by atoms with Crippen LogP contribution in [0.1, 0.15) is 19.4 Å². The predicted octanol–water partition coefficient (Wildman–Crippen LogP) is 2.06. The van der Waals surface area contributed by atoms with E-state index in [0.29, 0.717) is 5.71 Å². The van der Waals surface area contributed by atoms with Crippen molar-refractivity contribution in [3.05, 3.63) is 35.9 Å². The standard InChI is InChI=1S/C12H18N2O/c1-10(11(2)14-15)13-9-8-12-6-4-3-5-7-12/h3-7,10,13,15H,8-9H2,1-2H3/b14-11+. The van der Waals surface area contributed by atoms with Crippen LogP contribution >= 0.6 is 0 Å². The highest BCUT2D eigenvalue weighted by Gasteiger charge is 2.04. The highest BCUT2D eigenvalue weighted by molar-refractivity contribution is 5.86. The third kappa shape index (κ3) is 4.13. The average Bonchev–Trinajstić information content (AvgIpc) is 2.29. The first-order valence-electron chi connectivity index (χ1n) is 5.20. The maximum absolute atomic E-state index is 8.57. The van der Waals surface area contributed by atoms with Gasteiger partial charge in [0.15, 0.2) is 0 Å². The number of hydrogen-bond acceptors (Lipinski definition) is 3. The molecule has 0 saturated heterocycles. The molecule has 0 heterocycles. The number of nitrogens with zero attached hydrogens (tertiary/aromatic N) is 1. The Morgan fingerprint density at radius 1 is 1.40 bits per heavy atom. The summed E-state index contributed by atoms with van der Waals surface area (Å²) in [6.45, 7) is 4.68. The predicted molar refractivity (Wildman–Crippen MR) is 62.5 cm³/mol. The number of nitrogens with one attached hydrogen (secondary N) is 1. The van der Waals surface area contributed by atoms with Gasteiger partial charge in [0, 0.05) is 6.04 Å². The Morgan fingerprint density at radius 3 is 2.67 bits per heavy atom. The Kier molecular flexibility index (Phi) is 4.84. The quantitative estimate of drug-likeness (QED) is 0.440. The van der Waals surface area contributed by atoms with Gasteiger partial charge in [-0.2, -0.15) is 0 Å². The first-order chi connectivity index (χ1) is 7.24. The molecular formula is C12H18N2O. The molecule has 0 amide bonds. The fraction of sp³-hybridized carbons (Fsp3) is 0.417. The van der Waals surface area contributed by atoms with Gasteiger partial charge < -0.3 is 10.5 Å². The van der Waals surface area contributed by atoms with Gasteiger partial charge in [0.05, 0.1) is 5.71 Å². The second-order valence-electron chi connectivity index (χ2n) is 3.65. The van der Waals surface area contributed by atoms with Crippen LogP contribution in [-0.2, 0) is 6.42 Å². The van der Waals surface area contributed by atoms with Crippen molar-refractivity contribution in [1.82, 2.24) is 5.32 Å². The lowest BCUT2D eigenvalue weighted by Crippen LogP contribution is -2.33. The number of rotatable bonds is 5. The summed E-state index contributed by atoms with van der Waals surface area (Å²) in [6.07, 6.45) is 0.990. The maximum atomic E-state index is 8.57. The zero-order chi connectivity index (χ0) is 11.1. The van der Waals surface area contributed by atoms with Crippen LogP contribution in [0, 0.1) is 0 Å². The van der Waals surface area contributed by atoms with E-state index in [-0.39, 0.29) is 6.04 Å². The molecule has 0 aliphatic heterocycles. The summed E-state index contributed by atoms with van der Waals surface area (Å²) in [5.74, 6) is 0. The van der Waals surface area contributed by atoms with Crippen molar-refractivity contribution in [2.45, 2.75) is 26.3 Å². The normalized spacial score (nSPS) is 13.9. The second kappa shape index (κ2) is 6.19. The molecule has 1 aromatic carbocycles. The SMILES string of the molecule is C/C(=N\O)C(C)NCCc1ccccc1. The van der Waals surface area contributed by atoms with Gasteiger partial charge in [-0.15, -0.1) is 0 Å². The van der Waals surface area contributed by atoms with Crippen molar-refractivity contribution in [3.8, 4) is 0 Å². The van der Waals surface area contributed by atoms with E-state index in [4.69, 9.17) is 5.21 Å². The molecule has 0 aliphatic rings. The van der Waals surface area contributed by atoms with Gasteiger partial charge in [0.25, 0.3) is 0 Å². The molecule has 2 N–H and O–H groups in total. The Bertz CT molecular complexity index is 309. The van der Waals surface area contributed by atoms with Crippen LogP contribution in [0.2, 0.25) is 0 Å². The van der Waals surface area contributed by atoms with Gasteiger partial charge in [0.1, 0.15) is 0 Å². The third-order valence-corrected chi connectivity index (χ3v) is 2.49. The van der Waals surface area contributed by atoms with E-state index in [0.717, 1.165) is 13.0 Å². The van der Waals surface area contributed by atoms with E-state index in [1.165, 1.54) is 5.56 Å². The minimum absolute atomic E-state index is 0.124. The maximum Gasteiger partial charge on any atom is 0.0706 e. The van der Waals surface area contributed by atoms with Crippen molar-refractivity contribution in [2.75, 3.05) is 6.54 Å². The minimum Gasteiger partial charge on any atom is -0.411 e. The van der Waals surface area contributed by atoms with Gasteiger partial charge in [-0.3, -0.25) is 0 Å². The number of oxime groups is 1. The monoisotopic (exact) mass is 206 g/mol. The number of benzene rings is 1. The molecule has 3 nitrogen and oxygen atoms in total. The lowest BCUT2D eigenvalue weighted by atomic mass is 10.1. The summed E-state index contributed by atoms with van der Waals surface area (Å²) < 4.78 is 0. The highest BCUT2D eigenvalue weighted by atomic mass is 16.4. The van der Waals surface area contributed by atoms with Crippen LogP contribution in [0.3, 0.4) is 0 Å². The summed E-state index contributed by atoms with van der Waals surface area (Å²) in [7, 11) is 0. The van der Waals surface area contributed by atoms with Gasteiger partial charge in [0.2, 0.25) is 0 Å². The van der Waals surface area contributed by atoms with Gasteiger partial charge in [-0.25, -0.2) is 0 Å². The molecule has 0 spiro atoms. The van der Waals surface area contributed by atoms with E-state index in [1.807, 2.05) is 25.1 Å². The second-order valence-corrected chi connectivity index (χ2v) is 3.65. The van der Waals surface area contributed by atoms with E-state index >= 15 is 0 Å². The van der Waals surface area contributed by atoms with E-state index in [9.17, 15) is 0 Å². The molecule has 15 heavy (non-hydrogen) atoms. The largest absolute Gasteiger partial charge is 0.411 e. The molecule has 0 aromatic heterocycles. The Labute approximate surface area is 90.8 Å². The van der Waals surface area contributed by atoms with Crippen LogP contribution in [0.5, 0.6) is 0 Å². The summed E-state index contributed by atoms with van der Waals surface area (Å²) in [5.41, 5.74) is 2.03. The molecule has 0 radical (unpaired) electrons. The van der Waals surface area contributed by atoms with Crippen molar-refractivity contribution < 1.29 is 5.21 Å². The van der Waals surface area contributed by atoms with E-state index in [1.54, 1.807) is 6.92 Å². The topological polar surface area (TPSA) is 44.6 Å². The van der Waals surface area contributed by atoms with Crippen molar-refractivity contribution in [2.24, 2.45) is 5.16 Å². The van der Waals surface area contributed by atoms with E-state index in [2.05, 4.69) is 22.6 Å². The van der Waals surface area contributed by atoms with Crippen LogP contribution in [0.25, 0.3) is 0 Å². The third-order valence-electron chi connectivity index (χ3n) is 2.49. The van der Waals surface area contributed by atoms with E-state index < -0.39 is 0 Å². The molecule has 0 fully saturated rings.